The number of hydrogen-bond donors (Lipinski definition) is 2. The van der Waals surface area contributed by atoms with E-state index in [2.05, 4.69) is 15.3 Å². The molecule has 14 nitrogen and oxygen atoms in total. The SMILES string of the molecule is Cn1c(-c2ccccc2)cnc1C(O)C1CCCN1C(=O)[C@@H](NC(=O)COCCCCOc1ccc(-c2ncc(N3C(=S)N(c4ccc(C#N)c(C(F)(F)F)c4F)C(=O)C3(C)C)cc2F)c(C(F)(F)F)c1)C(C)(C)C. The number of carbonyl (C=O) groups is 3. The molecule has 5 aromatic rings. The van der Waals surface area contributed by atoms with Crippen LogP contribution in [0.3, 0.4) is 0 Å². The molecule has 3 aromatic carbocycles. The number of ether oxygens (including phenoxy) is 2. The molecule has 2 aliphatic rings. The molecule has 2 unspecified atom stereocenters. The van der Waals surface area contributed by atoms with E-state index in [-0.39, 0.29) is 37.0 Å². The Labute approximate surface area is 431 Å². The van der Waals surface area contributed by atoms with Crippen LogP contribution in [0.15, 0.2) is 79.1 Å². The molecule has 7 rings (SSSR count). The van der Waals surface area contributed by atoms with Gasteiger partial charge in [0.25, 0.3) is 5.91 Å². The van der Waals surface area contributed by atoms with E-state index in [4.69, 9.17) is 21.7 Å². The number of nitriles is 1. The fourth-order valence-electron chi connectivity index (χ4n) is 9.17. The van der Waals surface area contributed by atoms with Gasteiger partial charge >= 0.3 is 12.4 Å². The quantitative estimate of drug-likeness (QED) is 0.0549. The summed E-state index contributed by atoms with van der Waals surface area (Å²) in [6, 6.07) is 14.2. The van der Waals surface area contributed by atoms with Gasteiger partial charge in [0.05, 0.1) is 59.3 Å². The average molecular weight is 1070 g/mol. The van der Waals surface area contributed by atoms with Gasteiger partial charge in [0.2, 0.25) is 11.8 Å². The molecule has 3 amide bonds. The molecule has 2 aromatic heterocycles. The normalized spacial score (nSPS) is 16.8. The number of nitrogens with one attached hydrogen (secondary N) is 1. The first-order valence-electron chi connectivity index (χ1n) is 23.6. The number of thiocarbonyl (C=S) groups is 1. The summed E-state index contributed by atoms with van der Waals surface area (Å²) in [5, 5.41) is 22.9. The zero-order chi connectivity index (χ0) is 54.9. The van der Waals surface area contributed by atoms with Crippen molar-refractivity contribution < 1.29 is 64.1 Å². The second-order valence-corrected chi connectivity index (χ2v) is 19.9. The van der Waals surface area contributed by atoms with Gasteiger partial charge in [0.1, 0.15) is 47.1 Å². The van der Waals surface area contributed by atoms with Crippen LogP contribution < -0.4 is 19.9 Å². The summed E-state index contributed by atoms with van der Waals surface area (Å²) in [6.07, 6.45) is -7.10. The molecule has 23 heteroatoms. The second kappa shape index (κ2) is 21.7. The molecule has 398 valence electrons. The molecule has 4 heterocycles. The highest BCUT2D eigenvalue weighted by Crippen LogP contribution is 2.44. The van der Waals surface area contributed by atoms with Crippen molar-refractivity contribution in [1.29, 1.82) is 5.26 Å². The van der Waals surface area contributed by atoms with Crippen molar-refractivity contribution in [3.63, 3.8) is 0 Å². The smallest absolute Gasteiger partial charge is 0.420 e. The number of aliphatic hydroxyl groups excluding tert-OH is 1. The number of imidazole rings is 1. The van der Waals surface area contributed by atoms with E-state index in [1.807, 2.05) is 51.1 Å². The maximum absolute atomic E-state index is 15.9. The van der Waals surface area contributed by atoms with E-state index in [0.717, 1.165) is 40.6 Å². The van der Waals surface area contributed by atoms with Gasteiger partial charge in [-0.3, -0.25) is 24.3 Å². The molecule has 0 radical (unpaired) electrons. The number of benzene rings is 3. The van der Waals surface area contributed by atoms with Crippen molar-refractivity contribution in [3.05, 3.63) is 113 Å². The minimum absolute atomic E-state index is 0.0600. The topological polar surface area (TPSA) is 166 Å². The molecule has 75 heavy (non-hydrogen) atoms. The van der Waals surface area contributed by atoms with Crippen LogP contribution in [-0.2, 0) is 38.5 Å². The largest absolute Gasteiger partial charge is 0.494 e. The lowest BCUT2D eigenvalue weighted by molar-refractivity contribution is -0.143. The van der Waals surface area contributed by atoms with Gasteiger partial charge in [-0.25, -0.2) is 13.8 Å². The number of nitrogens with zero attached hydrogens (tertiary/aromatic N) is 7. The van der Waals surface area contributed by atoms with E-state index < -0.39 is 110 Å². The van der Waals surface area contributed by atoms with Gasteiger partial charge < -0.3 is 34.3 Å². The maximum atomic E-state index is 15.9. The third kappa shape index (κ3) is 11.5. The molecular formula is C52H52F8N8O6S. The zero-order valence-electron chi connectivity index (χ0n) is 41.4. The van der Waals surface area contributed by atoms with Crippen molar-refractivity contribution in [2.24, 2.45) is 12.5 Å². The van der Waals surface area contributed by atoms with Crippen LogP contribution in [0.4, 0.5) is 46.5 Å². The molecule has 2 N–H and O–H groups in total. The Morgan fingerprint density at radius 2 is 1.65 bits per heavy atom. The highest BCUT2D eigenvalue weighted by molar-refractivity contribution is 7.81. The van der Waals surface area contributed by atoms with Crippen molar-refractivity contribution >= 4 is 46.4 Å². The number of amides is 3. The van der Waals surface area contributed by atoms with Crippen molar-refractivity contribution in [2.45, 2.75) is 96.4 Å². The van der Waals surface area contributed by atoms with Crippen molar-refractivity contribution in [3.8, 4) is 34.3 Å². The van der Waals surface area contributed by atoms with E-state index in [1.165, 1.54) is 26.0 Å². The molecule has 0 aliphatic carbocycles. The average Bonchev–Trinajstić information content (AvgIpc) is 4.03. The number of aliphatic hydroxyl groups is 1. The fraction of sp³-hybridized carbons (Fsp3) is 0.404. The van der Waals surface area contributed by atoms with Gasteiger partial charge in [-0.2, -0.15) is 31.6 Å². The minimum atomic E-state index is -5.33. The summed E-state index contributed by atoms with van der Waals surface area (Å²) in [7, 11) is 1.80. The Morgan fingerprint density at radius 1 is 0.960 bits per heavy atom. The summed E-state index contributed by atoms with van der Waals surface area (Å²) in [5.74, 6) is -5.01. The van der Waals surface area contributed by atoms with Crippen LogP contribution in [0.2, 0.25) is 0 Å². The highest BCUT2D eigenvalue weighted by Gasteiger charge is 2.52. The standard InChI is InChI=1S/C52H52F8N8O6S/c1-49(2,3)44(46(71)66-20-12-15-37(66)43(70)45-63-27-38(65(45)6)29-13-8-7-9-14-29)64-39(69)28-73-21-10-11-22-74-32-17-18-33(34(24-32)51(55,56)57)42-35(53)23-31(26-62-42)68-48(75)67(47(72)50(68,4)5)36-19-16-30(25-61)40(41(36)54)52(58,59)60/h7-9,13-14,16-19,23-24,26-27,37,43-44,70H,10-12,15,20-22,28H2,1-6H3,(H,64,69)/t37?,43?,44-/m1/s1. The van der Waals surface area contributed by atoms with E-state index in [1.54, 1.807) is 22.7 Å². The minimum Gasteiger partial charge on any atom is -0.494 e. The molecule has 2 fully saturated rings. The molecular weight excluding hydrogens is 1020 g/mol. The number of anilines is 2. The Balaban J connectivity index is 0.934. The summed E-state index contributed by atoms with van der Waals surface area (Å²) in [6.45, 7) is 7.91. The summed E-state index contributed by atoms with van der Waals surface area (Å²) in [4.78, 5) is 52.3. The van der Waals surface area contributed by atoms with Gasteiger partial charge in [-0.15, -0.1) is 0 Å². The Bertz CT molecular complexity index is 3030. The van der Waals surface area contributed by atoms with Crippen LogP contribution in [0.5, 0.6) is 5.75 Å². The van der Waals surface area contributed by atoms with Crippen LogP contribution in [0.25, 0.3) is 22.5 Å². The lowest BCUT2D eigenvalue weighted by Gasteiger charge is -2.37. The lowest BCUT2D eigenvalue weighted by Crippen LogP contribution is -2.57. The number of halogens is 8. The number of rotatable bonds is 16. The first-order valence-corrected chi connectivity index (χ1v) is 24.0. The van der Waals surface area contributed by atoms with Crippen LogP contribution in [0, 0.1) is 28.4 Å². The number of alkyl halides is 6. The number of pyridine rings is 1. The third-order valence-electron chi connectivity index (χ3n) is 13.0. The molecule has 3 atom stereocenters. The Hall–Kier alpha value is -7.03. The van der Waals surface area contributed by atoms with E-state index in [9.17, 15) is 51.1 Å². The first-order chi connectivity index (χ1) is 35.2. The summed E-state index contributed by atoms with van der Waals surface area (Å²) in [5.41, 5.74) is -7.76. The number of likely N-dealkylation sites (tertiary alicyclic amines) is 1. The van der Waals surface area contributed by atoms with Gasteiger partial charge in [0, 0.05) is 31.8 Å². The van der Waals surface area contributed by atoms with Crippen LogP contribution >= 0.6 is 12.2 Å². The van der Waals surface area contributed by atoms with Crippen molar-refractivity contribution in [2.75, 3.05) is 36.2 Å². The molecule has 0 bridgehead atoms. The Morgan fingerprint density at radius 3 is 2.29 bits per heavy atom. The predicted octanol–water partition coefficient (Wildman–Crippen LogP) is 9.68. The summed E-state index contributed by atoms with van der Waals surface area (Å²) < 4.78 is 129. The van der Waals surface area contributed by atoms with Crippen molar-refractivity contribution in [1.82, 2.24) is 24.8 Å². The third-order valence-corrected chi connectivity index (χ3v) is 13.3. The van der Waals surface area contributed by atoms with Gasteiger partial charge in [-0.1, -0.05) is 51.1 Å². The molecule has 0 saturated carbocycles. The zero-order valence-corrected chi connectivity index (χ0v) is 42.3. The number of unbranched alkanes of at least 4 members (excludes halogenated alkanes) is 1. The fourth-order valence-corrected chi connectivity index (χ4v) is 9.69. The number of hydrogen-bond acceptors (Lipinski definition) is 10. The van der Waals surface area contributed by atoms with E-state index in [0.29, 0.717) is 48.7 Å². The summed E-state index contributed by atoms with van der Waals surface area (Å²) >= 11 is 5.38. The van der Waals surface area contributed by atoms with Gasteiger partial charge in [-0.05, 0) is 93.1 Å². The monoisotopic (exact) mass is 1070 g/mol. The maximum Gasteiger partial charge on any atom is 0.420 e. The second-order valence-electron chi connectivity index (χ2n) is 19.6. The van der Waals surface area contributed by atoms with Gasteiger partial charge in [0.15, 0.2) is 16.7 Å². The molecule has 2 aliphatic heterocycles. The van der Waals surface area contributed by atoms with E-state index >= 15 is 8.78 Å². The number of aromatic nitrogens is 3. The predicted molar refractivity (Wildman–Crippen MR) is 263 cm³/mol. The molecule has 2 saturated heterocycles. The van der Waals surface area contributed by atoms with Crippen LogP contribution in [0.1, 0.15) is 88.9 Å². The number of carbonyl (C=O) groups excluding carboxylic acids is 3. The molecule has 0 spiro atoms. The van der Waals surface area contributed by atoms with Crippen LogP contribution in [-0.4, -0.2) is 91.4 Å². The Kier molecular flexibility index (Phi) is 16.1. The first kappa shape index (κ1) is 55.7. The lowest BCUT2D eigenvalue weighted by atomic mass is 9.85. The highest BCUT2D eigenvalue weighted by atomic mass is 32.1.